The molecule has 4 nitrogen and oxygen atoms in total. The van der Waals surface area contributed by atoms with E-state index in [2.05, 4.69) is 29.8 Å². The van der Waals surface area contributed by atoms with E-state index >= 15 is 0 Å². The first-order valence-electron chi connectivity index (χ1n) is 6.51. The van der Waals surface area contributed by atoms with Gasteiger partial charge in [0.2, 0.25) is 6.79 Å². The van der Waals surface area contributed by atoms with Crippen LogP contribution in [0.4, 0.5) is 0 Å². The molecule has 0 aromatic heterocycles. The van der Waals surface area contributed by atoms with Crippen molar-refractivity contribution in [2.45, 2.75) is 38.8 Å². The van der Waals surface area contributed by atoms with Crippen LogP contribution in [0.2, 0.25) is 0 Å². The Morgan fingerprint density at radius 3 is 2.53 bits per heavy atom. The van der Waals surface area contributed by atoms with Crippen molar-refractivity contribution in [1.82, 2.24) is 0 Å². The number of halogens is 1. The zero-order valence-electron chi connectivity index (χ0n) is 11.2. The lowest BCUT2D eigenvalue weighted by Crippen LogP contribution is -2.26. The molecule has 1 aromatic carbocycles. The van der Waals surface area contributed by atoms with Crippen molar-refractivity contribution in [2.75, 3.05) is 6.79 Å². The van der Waals surface area contributed by atoms with Gasteiger partial charge in [-0.05, 0) is 36.5 Å². The first-order chi connectivity index (χ1) is 8.99. The van der Waals surface area contributed by atoms with Crippen LogP contribution in [0.15, 0.2) is 16.6 Å². The fourth-order valence-corrected chi connectivity index (χ4v) is 2.67. The Bertz CT molecular complexity index is 451. The summed E-state index contributed by atoms with van der Waals surface area (Å²) in [6, 6.07) is 3.25. The fraction of sp³-hybridized carbons (Fsp3) is 0.571. The molecule has 1 aromatic rings. The van der Waals surface area contributed by atoms with Crippen LogP contribution in [0.1, 0.15) is 38.3 Å². The van der Waals surface area contributed by atoms with E-state index in [4.69, 9.17) is 15.2 Å². The summed E-state index contributed by atoms with van der Waals surface area (Å²) in [6.07, 6.45) is 1.09. The van der Waals surface area contributed by atoms with Crippen molar-refractivity contribution in [1.29, 1.82) is 0 Å². The number of hydrogen-bond acceptors (Lipinski definition) is 4. The van der Waals surface area contributed by atoms with Crippen molar-refractivity contribution < 1.29 is 14.6 Å². The number of nitrogens with two attached hydrogens (primary N) is 1. The Morgan fingerprint density at radius 1 is 1.26 bits per heavy atom. The minimum atomic E-state index is -0.556. The number of fused-ring (bicyclic) bond motifs is 1. The highest BCUT2D eigenvalue weighted by molar-refractivity contribution is 9.10. The molecule has 1 heterocycles. The molecule has 1 aliphatic rings. The molecular weight excluding hydrogens is 310 g/mol. The van der Waals surface area contributed by atoms with Crippen LogP contribution in [-0.4, -0.2) is 18.0 Å². The highest BCUT2D eigenvalue weighted by Crippen LogP contribution is 2.39. The van der Waals surface area contributed by atoms with Crippen LogP contribution < -0.4 is 15.2 Å². The first-order valence-corrected chi connectivity index (χ1v) is 7.31. The van der Waals surface area contributed by atoms with Crippen molar-refractivity contribution in [3.8, 4) is 11.5 Å². The van der Waals surface area contributed by atoms with Gasteiger partial charge in [0.15, 0.2) is 11.5 Å². The summed E-state index contributed by atoms with van der Waals surface area (Å²) in [5.74, 6) is 1.95. The molecule has 0 spiro atoms. The van der Waals surface area contributed by atoms with Gasteiger partial charge in [-0.2, -0.15) is 0 Å². The van der Waals surface area contributed by atoms with Crippen LogP contribution >= 0.6 is 15.9 Å². The molecule has 0 fully saturated rings. The number of ether oxygens (including phenoxy) is 2. The zero-order chi connectivity index (χ0) is 14.0. The number of aliphatic hydroxyl groups is 1. The molecule has 2 atom stereocenters. The van der Waals surface area contributed by atoms with Gasteiger partial charge >= 0.3 is 0 Å². The predicted molar refractivity (Wildman–Crippen MR) is 77.3 cm³/mol. The molecule has 0 saturated carbocycles. The van der Waals surface area contributed by atoms with Crippen molar-refractivity contribution in [3.63, 3.8) is 0 Å². The maximum atomic E-state index is 10.2. The van der Waals surface area contributed by atoms with Crippen LogP contribution in [0.5, 0.6) is 11.5 Å². The standard InChI is InChI=1S/C14H20BrNO3/c1-8(2)3-4-11(17)14(16)9-5-12-13(6-10(9)15)19-7-18-12/h5-6,8,11,14,17H,3-4,7,16H2,1-2H3/t11-,14+/m0/s1. The quantitative estimate of drug-likeness (QED) is 0.871. The molecule has 0 saturated heterocycles. The molecule has 0 amide bonds. The molecule has 5 heteroatoms. The summed E-state index contributed by atoms with van der Waals surface area (Å²) in [5.41, 5.74) is 6.99. The minimum absolute atomic E-state index is 0.233. The van der Waals surface area contributed by atoms with Gasteiger partial charge in [0.25, 0.3) is 0 Å². The van der Waals surface area contributed by atoms with Crippen molar-refractivity contribution in [3.05, 3.63) is 22.2 Å². The summed E-state index contributed by atoms with van der Waals surface area (Å²) in [7, 11) is 0. The molecule has 0 aliphatic carbocycles. The van der Waals surface area contributed by atoms with E-state index in [9.17, 15) is 5.11 Å². The van der Waals surface area contributed by atoms with Crippen LogP contribution in [0.3, 0.4) is 0 Å². The second-order valence-electron chi connectivity index (χ2n) is 5.29. The van der Waals surface area contributed by atoms with Crippen LogP contribution in [0.25, 0.3) is 0 Å². The van der Waals surface area contributed by atoms with Gasteiger partial charge in [-0.1, -0.05) is 29.8 Å². The smallest absolute Gasteiger partial charge is 0.231 e. The van der Waals surface area contributed by atoms with E-state index in [-0.39, 0.29) is 6.79 Å². The lowest BCUT2D eigenvalue weighted by molar-refractivity contribution is 0.128. The van der Waals surface area contributed by atoms with E-state index in [1.807, 2.05) is 12.1 Å². The van der Waals surface area contributed by atoms with Crippen molar-refractivity contribution >= 4 is 15.9 Å². The Labute approximate surface area is 122 Å². The first kappa shape index (κ1) is 14.6. The zero-order valence-corrected chi connectivity index (χ0v) is 12.8. The third kappa shape index (κ3) is 3.41. The van der Waals surface area contributed by atoms with Gasteiger partial charge in [-0.25, -0.2) is 0 Å². The van der Waals surface area contributed by atoms with Gasteiger partial charge < -0.3 is 20.3 Å². The third-order valence-corrected chi connectivity index (χ3v) is 3.99. The van der Waals surface area contributed by atoms with E-state index in [1.165, 1.54) is 0 Å². The van der Waals surface area contributed by atoms with Gasteiger partial charge in [-0.15, -0.1) is 0 Å². The normalized spacial score (nSPS) is 16.7. The lowest BCUT2D eigenvalue weighted by atomic mass is 9.96. The molecule has 0 unspecified atom stereocenters. The highest BCUT2D eigenvalue weighted by Gasteiger charge is 2.23. The SMILES string of the molecule is CC(C)CC[C@H](O)[C@H](N)c1cc2c(cc1Br)OCO2. The molecule has 1 aliphatic heterocycles. The Kier molecular flexibility index (Phi) is 4.71. The second kappa shape index (κ2) is 6.11. The summed E-state index contributed by atoms with van der Waals surface area (Å²) in [4.78, 5) is 0. The van der Waals surface area contributed by atoms with Gasteiger partial charge in [0, 0.05) is 4.47 Å². The van der Waals surface area contributed by atoms with E-state index in [0.29, 0.717) is 23.8 Å². The van der Waals surface area contributed by atoms with E-state index in [0.717, 1.165) is 16.5 Å². The average Bonchev–Trinajstić information content (AvgIpc) is 2.80. The molecule has 0 radical (unpaired) electrons. The lowest BCUT2D eigenvalue weighted by Gasteiger charge is -2.21. The number of aliphatic hydroxyl groups excluding tert-OH is 1. The molecule has 106 valence electrons. The largest absolute Gasteiger partial charge is 0.454 e. The number of rotatable bonds is 5. The summed E-state index contributed by atoms with van der Waals surface area (Å²) in [6.45, 7) is 4.50. The summed E-state index contributed by atoms with van der Waals surface area (Å²) >= 11 is 3.47. The third-order valence-electron chi connectivity index (χ3n) is 3.31. The van der Waals surface area contributed by atoms with Crippen molar-refractivity contribution in [2.24, 2.45) is 11.7 Å². The predicted octanol–water partition coefficient (Wildman–Crippen LogP) is 2.97. The maximum absolute atomic E-state index is 10.2. The van der Waals surface area contributed by atoms with Gasteiger partial charge in [0.1, 0.15) is 0 Å². The van der Waals surface area contributed by atoms with E-state index in [1.54, 1.807) is 0 Å². The number of hydrogen-bond donors (Lipinski definition) is 2. The van der Waals surface area contributed by atoms with Crippen LogP contribution in [-0.2, 0) is 0 Å². The molecule has 19 heavy (non-hydrogen) atoms. The Morgan fingerprint density at radius 2 is 1.89 bits per heavy atom. The monoisotopic (exact) mass is 329 g/mol. The van der Waals surface area contributed by atoms with Crippen LogP contribution in [0, 0.1) is 5.92 Å². The van der Waals surface area contributed by atoms with E-state index < -0.39 is 12.1 Å². The maximum Gasteiger partial charge on any atom is 0.231 e. The number of benzene rings is 1. The van der Waals surface area contributed by atoms with Gasteiger partial charge in [-0.3, -0.25) is 0 Å². The molecule has 3 N–H and O–H groups in total. The minimum Gasteiger partial charge on any atom is -0.454 e. The highest BCUT2D eigenvalue weighted by atomic mass is 79.9. The summed E-state index contributed by atoms with van der Waals surface area (Å²) < 4.78 is 11.5. The summed E-state index contributed by atoms with van der Waals surface area (Å²) in [5, 5.41) is 10.2. The molecule has 2 rings (SSSR count). The molecular formula is C14H20BrNO3. The molecule has 0 bridgehead atoms. The van der Waals surface area contributed by atoms with Gasteiger partial charge in [0.05, 0.1) is 12.1 Å². The topological polar surface area (TPSA) is 64.7 Å². The average molecular weight is 330 g/mol. The Balaban J connectivity index is 2.12. The second-order valence-corrected chi connectivity index (χ2v) is 6.15. The fourth-order valence-electron chi connectivity index (χ4n) is 2.08. The Hall–Kier alpha value is -0.780.